The molecule has 1 amide bonds. The van der Waals surface area contributed by atoms with Crippen molar-refractivity contribution in [3.63, 3.8) is 0 Å². The first kappa shape index (κ1) is 17.5. The van der Waals surface area contributed by atoms with Gasteiger partial charge in [-0.05, 0) is 35.7 Å². The highest BCUT2D eigenvalue weighted by Gasteiger charge is 2.14. The minimum atomic E-state index is -0.308. The van der Waals surface area contributed by atoms with Gasteiger partial charge in [-0.1, -0.05) is 18.2 Å². The van der Waals surface area contributed by atoms with Gasteiger partial charge >= 0.3 is 0 Å². The number of nitrogens with one attached hydrogen (secondary N) is 1. The second kappa shape index (κ2) is 7.38. The molecule has 7 heteroatoms. The summed E-state index contributed by atoms with van der Waals surface area (Å²) in [7, 11) is 0. The van der Waals surface area contributed by atoms with Crippen molar-refractivity contribution < 1.29 is 4.79 Å². The average Bonchev–Trinajstić information content (AvgIpc) is 3.26. The van der Waals surface area contributed by atoms with E-state index in [4.69, 9.17) is 11.5 Å². The van der Waals surface area contributed by atoms with Crippen LogP contribution in [0.5, 0.6) is 0 Å². The number of thiophene rings is 2. The van der Waals surface area contributed by atoms with Crippen LogP contribution in [0, 0.1) is 0 Å². The molecule has 136 valence electrons. The fourth-order valence-corrected chi connectivity index (χ4v) is 5.06. The third kappa shape index (κ3) is 3.79. The molecule has 0 saturated carbocycles. The van der Waals surface area contributed by atoms with E-state index in [1.54, 1.807) is 17.4 Å². The SMILES string of the molecule is Nc1ccnc(N)c1C(=O)NCc1ccc(Cc2cc3ccccc3s2)s1. The Labute approximate surface area is 164 Å². The van der Waals surface area contributed by atoms with Crippen molar-refractivity contribution in [1.82, 2.24) is 10.3 Å². The number of hydrogen-bond acceptors (Lipinski definition) is 6. The van der Waals surface area contributed by atoms with Gasteiger partial charge in [0.2, 0.25) is 0 Å². The van der Waals surface area contributed by atoms with E-state index in [1.165, 1.54) is 26.0 Å². The number of nitrogens with zero attached hydrogens (tertiary/aromatic N) is 1. The molecule has 0 aliphatic heterocycles. The van der Waals surface area contributed by atoms with Gasteiger partial charge in [-0.25, -0.2) is 4.98 Å². The maximum atomic E-state index is 12.4. The zero-order chi connectivity index (χ0) is 18.8. The average molecular weight is 395 g/mol. The number of aromatic nitrogens is 1. The summed E-state index contributed by atoms with van der Waals surface area (Å²) in [6, 6.07) is 16.4. The number of benzene rings is 1. The number of carbonyl (C=O) groups excluding carboxylic acids is 1. The second-order valence-corrected chi connectivity index (χ2v) is 8.56. The van der Waals surface area contributed by atoms with E-state index in [2.05, 4.69) is 46.7 Å². The van der Waals surface area contributed by atoms with Crippen LogP contribution in [0.1, 0.15) is 25.0 Å². The highest BCUT2D eigenvalue weighted by atomic mass is 32.1. The molecule has 0 fully saturated rings. The smallest absolute Gasteiger partial charge is 0.257 e. The molecule has 0 bridgehead atoms. The van der Waals surface area contributed by atoms with Crippen molar-refractivity contribution in [2.75, 3.05) is 11.5 Å². The predicted molar refractivity (Wildman–Crippen MR) is 113 cm³/mol. The summed E-state index contributed by atoms with van der Waals surface area (Å²) < 4.78 is 1.31. The fraction of sp³-hybridized carbons (Fsp3) is 0.100. The molecule has 0 atom stereocenters. The van der Waals surface area contributed by atoms with Crippen LogP contribution in [-0.4, -0.2) is 10.9 Å². The number of nitrogens with two attached hydrogens (primary N) is 2. The topological polar surface area (TPSA) is 94.0 Å². The molecule has 4 aromatic rings. The Morgan fingerprint density at radius 2 is 1.81 bits per heavy atom. The Bertz CT molecular complexity index is 1060. The summed E-state index contributed by atoms with van der Waals surface area (Å²) in [5.74, 6) is -0.165. The van der Waals surface area contributed by atoms with Crippen LogP contribution in [-0.2, 0) is 13.0 Å². The molecule has 0 saturated heterocycles. The molecule has 0 spiro atoms. The summed E-state index contributed by atoms with van der Waals surface area (Å²) in [5.41, 5.74) is 12.2. The van der Waals surface area contributed by atoms with Gasteiger partial charge in [0.15, 0.2) is 0 Å². The van der Waals surface area contributed by atoms with Crippen molar-refractivity contribution in [1.29, 1.82) is 0 Å². The van der Waals surface area contributed by atoms with Gasteiger partial charge in [-0.15, -0.1) is 22.7 Å². The minimum absolute atomic E-state index is 0.143. The Morgan fingerprint density at radius 1 is 1.00 bits per heavy atom. The van der Waals surface area contributed by atoms with Crippen LogP contribution in [0.3, 0.4) is 0 Å². The number of carbonyl (C=O) groups is 1. The normalized spacial score (nSPS) is 11.0. The van der Waals surface area contributed by atoms with Crippen molar-refractivity contribution in [3.05, 3.63) is 74.9 Å². The molecule has 5 N–H and O–H groups in total. The first-order valence-electron chi connectivity index (χ1n) is 8.43. The van der Waals surface area contributed by atoms with Gasteiger partial charge in [0.05, 0.1) is 6.54 Å². The van der Waals surface area contributed by atoms with Gasteiger partial charge in [0, 0.05) is 37.6 Å². The molecule has 1 aromatic carbocycles. The molecular formula is C20H18N4OS2. The summed E-state index contributed by atoms with van der Waals surface area (Å²) in [6.07, 6.45) is 2.39. The Balaban J connectivity index is 1.41. The Hall–Kier alpha value is -2.90. The zero-order valence-corrected chi connectivity index (χ0v) is 16.1. The molecule has 0 radical (unpaired) electrons. The molecule has 0 aliphatic carbocycles. The molecule has 3 aromatic heterocycles. The van der Waals surface area contributed by atoms with Crippen molar-refractivity contribution in [3.8, 4) is 0 Å². The summed E-state index contributed by atoms with van der Waals surface area (Å²) in [5, 5.41) is 4.16. The van der Waals surface area contributed by atoms with Crippen LogP contribution in [0.25, 0.3) is 10.1 Å². The monoisotopic (exact) mass is 394 g/mol. The highest BCUT2D eigenvalue weighted by molar-refractivity contribution is 7.19. The van der Waals surface area contributed by atoms with Gasteiger partial charge in [-0.3, -0.25) is 4.79 Å². The number of nitrogen functional groups attached to an aromatic ring is 2. The van der Waals surface area contributed by atoms with Crippen LogP contribution < -0.4 is 16.8 Å². The number of pyridine rings is 1. The van der Waals surface area contributed by atoms with Crippen molar-refractivity contribution >= 4 is 50.2 Å². The van der Waals surface area contributed by atoms with E-state index >= 15 is 0 Å². The molecular weight excluding hydrogens is 376 g/mol. The van der Waals surface area contributed by atoms with Crippen molar-refractivity contribution in [2.24, 2.45) is 0 Å². The molecule has 4 rings (SSSR count). The third-order valence-corrected chi connectivity index (χ3v) is 6.41. The molecule has 5 nitrogen and oxygen atoms in total. The first-order valence-corrected chi connectivity index (χ1v) is 10.1. The lowest BCUT2D eigenvalue weighted by molar-refractivity contribution is 0.0953. The molecule has 0 unspecified atom stereocenters. The zero-order valence-electron chi connectivity index (χ0n) is 14.4. The number of anilines is 2. The van der Waals surface area contributed by atoms with Gasteiger partial charge < -0.3 is 16.8 Å². The standard InChI is InChI=1S/C20H18N4OS2/c21-16-7-8-23-19(22)18(16)20(25)24-11-14-6-5-13(26-14)10-15-9-12-3-1-2-4-17(12)27-15/h1-9H,10-11H2,(H,24,25)(H4,21,22,23). The second-order valence-electron chi connectivity index (χ2n) is 6.14. The third-order valence-electron chi connectivity index (χ3n) is 4.21. The number of hydrogen-bond donors (Lipinski definition) is 3. The summed E-state index contributed by atoms with van der Waals surface area (Å²) >= 11 is 3.52. The minimum Gasteiger partial charge on any atom is -0.398 e. The van der Waals surface area contributed by atoms with E-state index in [9.17, 15) is 4.79 Å². The van der Waals surface area contributed by atoms with E-state index < -0.39 is 0 Å². The van der Waals surface area contributed by atoms with Crippen LogP contribution in [0.4, 0.5) is 11.5 Å². The van der Waals surface area contributed by atoms with E-state index in [0.29, 0.717) is 12.2 Å². The van der Waals surface area contributed by atoms with Gasteiger partial charge in [-0.2, -0.15) is 0 Å². The lowest BCUT2D eigenvalue weighted by Crippen LogP contribution is -2.24. The first-order chi connectivity index (χ1) is 13.1. The number of fused-ring (bicyclic) bond motifs is 1. The lowest BCUT2D eigenvalue weighted by atomic mass is 10.2. The van der Waals surface area contributed by atoms with Crippen LogP contribution in [0.15, 0.2) is 54.7 Å². The lowest BCUT2D eigenvalue weighted by Gasteiger charge is -2.08. The Morgan fingerprint density at radius 3 is 2.63 bits per heavy atom. The van der Waals surface area contributed by atoms with Crippen molar-refractivity contribution in [2.45, 2.75) is 13.0 Å². The maximum absolute atomic E-state index is 12.4. The number of amides is 1. The van der Waals surface area contributed by atoms with E-state index in [-0.39, 0.29) is 17.3 Å². The van der Waals surface area contributed by atoms with E-state index in [1.807, 2.05) is 17.4 Å². The maximum Gasteiger partial charge on any atom is 0.257 e. The molecule has 0 aliphatic rings. The summed E-state index contributed by atoms with van der Waals surface area (Å²) in [6.45, 7) is 0.434. The number of rotatable bonds is 5. The highest BCUT2D eigenvalue weighted by Crippen LogP contribution is 2.29. The fourth-order valence-electron chi connectivity index (χ4n) is 2.90. The quantitative estimate of drug-likeness (QED) is 0.476. The Kier molecular flexibility index (Phi) is 4.79. The van der Waals surface area contributed by atoms with Crippen LogP contribution in [0.2, 0.25) is 0 Å². The predicted octanol–water partition coefficient (Wildman–Crippen LogP) is 4.04. The van der Waals surface area contributed by atoms with Gasteiger partial charge in [0.25, 0.3) is 5.91 Å². The summed E-state index contributed by atoms with van der Waals surface area (Å²) in [4.78, 5) is 20.0. The van der Waals surface area contributed by atoms with Crippen LogP contribution >= 0.6 is 22.7 Å². The molecule has 3 heterocycles. The largest absolute Gasteiger partial charge is 0.398 e. The van der Waals surface area contributed by atoms with Gasteiger partial charge in [0.1, 0.15) is 11.4 Å². The molecule has 27 heavy (non-hydrogen) atoms. The van der Waals surface area contributed by atoms with E-state index in [0.717, 1.165) is 11.3 Å².